The third-order valence-electron chi connectivity index (χ3n) is 3.11. The second-order valence-electron chi connectivity index (χ2n) is 6.00. The molecular formula is C14H21N3O4. The molecule has 1 fully saturated rings. The van der Waals surface area contributed by atoms with Crippen molar-refractivity contribution < 1.29 is 19.1 Å². The minimum atomic E-state index is -0.508. The Kier molecular flexibility index (Phi) is 4.20. The van der Waals surface area contributed by atoms with Crippen molar-refractivity contribution >= 4 is 12.1 Å². The van der Waals surface area contributed by atoms with Crippen molar-refractivity contribution in [1.29, 1.82) is 0 Å². The number of hydrogen-bond acceptors (Lipinski definition) is 5. The summed E-state index contributed by atoms with van der Waals surface area (Å²) < 4.78 is 10.3. The Labute approximate surface area is 123 Å². The molecule has 1 aliphatic rings. The fourth-order valence-electron chi connectivity index (χ4n) is 2.12. The van der Waals surface area contributed by atoms with E-state index in [4.69, 9.17) is 9.47 Å². The van der Waals surface area contributed by atoms with Crippen LogP contribution in [-0.2, 0) is 9.47 Å². The number of likely N-dealkylation sites (tertiary alicyclic amines) is 1. The van der Waals surface area contributed by atoms with Gasteiger partial charge in [0, 0.05) is 19.0 Å². The van der Waals surface area contributed by atoms with Gasteiger partial charge in [-0.1, -0.05) is 0 Å². The Morgan fingerprint density at radius 3 is 2.67 bits per heavy atom. The van der Waals surface area contributed by atoms with Gasteiger partial charge in [-0.05, 0) is 27.7 Å². The summed E-state index contributed by atoms with van der Waals surface area (Å²) in [5.41, 5.74) is 0.644. The molecule has 0 aromatic carbocycles. The van der Waals surface area contributed by atoms with Crippen molar-refractivity contribution in [3.8, 4) is 0 Å². The molecule has 0 saturated carbocycles. The van der Waals surface area contributed by atoms with Gasteiger partial charge >= 0.3 is 12.1 Å². The molecule has 0 bridgehead atoms. The molecule has 21 heavy (non-hydrogen) atoms. The van der Waals surface area contributed by atoms with Crippen molar-refractivity contribution in [2.75, 3.05) is 19.7 Å². The van der Waals surface area contributed by atoms with Crippen molar-refractivity contribution in [1.82, 2.24) is 15.1 Å². The fourth-order valence-corrected chi connectivity index (χ4v) is 2.12. The largest absolute Gasteiger partial charge is 0.462 e. The number of nitrogens with zero attached hydrogens (tertiary/aromatic N) is 2. The molecule has 1 saturated heterocycles. The van der Waals surface area contributed by atoms with Crippen LogP contribution >= 0.6 is 0 Å². The van der Waals surface area contributed by atoms with E-state index in [-0.39, 0.29) is 12.0 Å². The molecular weight excluding hydrogens is 274 g/mol. The van der Waals surface area contributed by atoms with Crippen LogP contribution in [0.3, 0.4) is 0 Å². The summed E-state index contributed by atoms with van der Waals surface area (Å²) in [5, 5.41) is 6.72. The number of amides is 1. The number of carbonyl (C=O) groups is 2. The Balaban J connectivity index is 1.95. The van der Waals surface area contributed by atoms with Crippen LogP contribution in [0.2, 0.25) is 0 Å². The minimum Gasteiger partial charge on any atom is -0.462 e. The van der Waals surface area contributed by atoms with E-state index in [0.717, 1.165) is 0 Å². The zero-order valence-corrected chi connectivity index (χ0v) is 12.8. The number of aromatic nitrogens is 2. The Morgan fingerprint density at radius 2 is 2.10 bits per heavy atom. The van der Waals surface area contributed by atoms with E-state index in [1.807, 2.05) is 20.8 Å². The molecule has 0 aliphatic carbocycles. The SMILES string of the molecule is CCOC(=O)c1cn[nH]c1C1CN(C(=O)OC(C)(C)C)C1. The van der Waals surface area contributed by atoms with E-state index < -0.39 is 11.6 Å². The Bertz CT molecular complexity index is 527. The maximum atomic E-state index is 11.9. The lowest BCUT2D eigenvalue weighted by Gasteiger charge is -2.39. The van der Waals surface area contributed by atoms with Crippen LogP contribution in [0, 0.1) is 0 Å². The van der Waals surface area contributed by atoms with Crippen molar-refractivity contribution in [2.24, 2.45) is 0 Å². The van der Waals surface area contributed by atoms with Crippen LogP contribution in [0.5, 0.6) is 0 Å². The molecule has 1 N–H and O–H groups in total. The quantitative estimate of drug-likeness (QED) is 0.861. The van der Waals surface area contributed by atoms with Gasteiger partial charge in [-0.2, -0.15) is 5.10 Å². The number of carbonyl (C=O) groups excluding carboxylic acids is 2. The first-order valence-electron chi connectivity index (χ1n) is 7.00. The molecule has 1 aliphatic heterocycles. The first-order valence-corrected chi connectivity index (χ1v) is 7.00. The van der Waals surface area contributed by atoms with Crippen LogP contribution in [0.4, 0.5) is 4.79 Å². The predicted molar refractivity (Wildman–Crippen MR) is 75.1 cm³/mol. The van der Waals surface area contributed by atoms with Gasteiger partial charge < -0.3 is 14.4 Å². The highest BCUT2D eigenvalue weighted by Gasteiger charge is 2.37. The molecule has 116 valence electrons. The van der Waals surface area contributed by atoms with Crippen LogP contribution in [-0.4, -0.2) is 52.5 Å². The van der Waals surface area contributed by atoms with Crippen LogP contribution in [0.25, 0.3) is 0 Å². The molecule has 1 amide bonds. The molecule has 1 aromatic rings. The number of ether oxygens (including phenoxy) is 2. The van der Waals surface area contributed by atoms with E-state index >= 15 is 0 Å². The first-order chi connectivity index (χ1) is 9.81. The summed E-state index contributed by atoms with van der Waals surface area (Å²) >= 11 is 0. The highest BCUT2D eigenvalue weighted by molar-refractivity contribution is 5.90. The summed E-state index contributed by atoms with van der Waals surface area (Å²) in [5.74, 6) is -0.337. The zero-order valence-electron chi connectivity index (χ0n) is 12.8. The van der Waals surface area contributed by atoms with Gasteiger partial charge in [0.05, 0.1) is 18.5 Å². The fraction of sp³-hybridized carbons (Fsp3) is 0.643. The van der Waals surface area contributed by atoms with Gasteiger partial charge in [0.2, 0.25) is 0 Å². The van der Waals surface area contributed by atoms with E-state index in [1.165, 1.54) is 6.20 Å². The molecule has 7 nitrogen and oxygen atoms in total. The second-order valence-corrected chi connectivity index (χ2v) is 6.00. The normalized spacial score (nSPS) is 15.5. The Morgan fingerprint density at radius 1 is 1.43 bits per heavy atom. The summed E-state index contributed by atoms with van der Waals surface area (Å²) in [6.07, 6.45) is 1.12. The smallest absolute Gasteiger partial charge is 0.410 e. The average molecular weight is 295 g/mol. The zero-order chi connectivity index (χ0) is 15.6. The van der Waals surface area contributed by atoms with Gasteiger partial charge in [-0.15, -0.1) is 0 Å². The maximum absolute atomic E-state index is 11.9. The summed E-state index contributed by atoms with van der Waals surface area (Å²) in [4.78, 5) is 25.3. The Hall–Kier alpha value is -2.05. The van der Waals surface area contributed by atoms with Gasteiger partial charge in [-0.25, -0.2) is 9.59 Å². The summed E-state index contributed by atoms with van der Waals surface area (Å²) in [6, 6.07) is 0. The van der Waals surface area contributed by atoms with E-state index in [0.29, 0.717) is 31.0 Å². The van der Waals surface area contributed by atoms with Crippen LogP contribution in [0.15, 0.2) is 6.20 Å². The third kappa shape index (κ3) is 3.53. The number of H-pyrrole nitrogens is 1. The molecule has 2 heterocycles. The molecule has 0 spiro atoms. The van der Waals surface area contributed by atoms with Crippen LogP contribution in [0.1, 0.15) is 49.7 Å². The van der Waals surface area contributed by atoms with Crippen molar-refractivity contribution in [2.45, 2.75) is 39.2 Å². The van der Waals surface area contributed by atoms with Crippen LogP contribution < -0.4 is 0 Å². The van der Waals surface area contributed by atoms with Gasteiger partial charge in [0.15, 0.2) is 0 Å². The average Bonchev–Trinajstić information content (AvgIpc) is 2.73. The lowest BCUT2D eigenvalue weighted by Crippen LogP contribution is -2.50. The maximum Gasteiger partial charge on any atom is 0.410 e. The molecule has 7 heteroatoms. The standard InChI is InChI=1S/C14H21N3O4/c1-5-20-12(18)10-6-15-16-11(10)9-7-17(8-9)13(19)21-14(2,3)4/h6,9H,5,7-8H2,1-4H3,(H,15,16). The minimum absolute atomic E-state index is 0.0550. The highest BCUT2D eigenvalue weighted by Crippen LogP contribution is 2.29. The van der Waals surface area contributed by atoms with Crippen molar-refractivity contribution in [3.05, 3.63) is 17.5 Å². The first kappa shape index (κ1) is 15.3. The third-order valence-corrected chi connectivity index (χ3v) is 3.11. The van der Waals surface area contributed by atoms with Gasteiger partial charge in [-0.3, -0.25) is 5.10 Å². The predicted octanol–water partition coefficient (Wildman–Crippen LogP) is 1.92. The topological polar surface area (TPSA) is 84.5 Å². The second kappa shape index (κ2) is 5.75. The van der Waals surface area contributed by atoms with E-state index in [1.54, 1.807) is 11.8 Å². The molecule has 0 atom stereocenters. The van der Waals surface area contributed by atoms with E-state index in [2.05, 4.69) is 10.2 Å². The number of hydrogen-bond donors (Lipinski definition) is 1. The summed E-state index contributed by atoms with van der Waals surface area (Å²) in [7, 11) is 0. The molecule has 0 unspecified atom stereocenters. The van der Waals surface area contributed by atoms with Gasteiger partial charge in [0.1, 0.15) is 11.2 Å². The van der Waals surface area contributed by atoms with Crippen molar-refractivity contribution in [3.63, 3.8) is 0 Å². The highest BCUT2D eigenvalue weighted by atomic mass is 16.6. The lowest BCUT2D eigenvalue weighted by atomic mass is 9.94. The number of aromatic amines is 1. The molecule has 1 aromatic heterocycles. The molecule has 2 rings (SSSR count). The molecule has 0 radical (unpaired) electrons. The number of nitrogens with one attached hydrogen (secondary N) is 1. The van der Waals surface area contributed by atoms with E-state index in [9.17, 15) is 9.59 Å². The number of rotatable bonds is 3. The lowest BCUT2D eigenvalue weighted by molar-refractivity contribution is 0.00779. The number of esters is 1. The monoisotopic (exact) mass is 295 g/mol. The van der Waals surface area contributed by atoms with Gasteiger partial charge in [0.25, 0.3) is 0 Å². The summed E-state index contributed by atoms with van der Waals surface area (Å²) in [6.45, 7) is 8.57.